The molecule has 0 spiro atoms. The van der Waals surface area contributed by atoms with Gasteiger partial charge in [0.05, 0.1) is 22.2 Å². The van der Waals surface area contributed by atoms with Crippen LogP contribution in [-0.4, -0.2) is 31.2 Å². The van der Waals surface area contributed by atoms with Gasteiger partial charge < -0.3 is 5.32 Å². The van der Waals surface area contributed by atoms with Gasteiger partial charge in [0.2, 0.25) is 15.9 Å². The van der Waals surface area contributed by atoms with Crippen LogP contribution in [0.4, 0.5) is 11.4 Å². The maximum Gasteiger partial charge on any atom is 0.308 e. The molecule has 0 unspecified atom stereocenters. The molecule has 0 aliphatic rings. The van der Waals surface area contributed by atoms with Crippen molar-refractivity contribution < 1.29 is 13.2 Å². The maximum absolute atomic E-state index is 12.9. The SMILES string of the molecule is CCn1c(=O)sc2cc(NC(=O)[C@@H](C)N(c3ccc(C)c(C)c3)S(C)(=O)=O)ccc21. The summed E-state index contributed by atoms with van der Waals surface area (Å²) in [7, 11) is -3.69. The van der Waals surface area contributed by atoms with E-state index in [1.54, 1.807) is 41.8 Å². The third-order valence-corrected chi connectivity index (χ3v) is 7.27. The zero-order valence-electron chi connectivity index (χ0n) is 17.6. The molecule has 3 aromatic rings. The van der Waals surface area contributed by atoms with Crippen molar-refractivity contribution in [1.82, 2.24) is 4.57 Å². The summed E-state index contributed by atoms with van der Waals surface area (Å²) >= 11 is 1.11. The third kappa shape index (κ3) is 4.27. The van der Waals surface area contributed by atoms with Crippen LogP contribution < -0.4 is 14.5 Å². The van der Waals surface area contributed by atoms with Gasteiger partial charge in [-0.05, 0) is 69.2 Å². The van der Waals surface area contributed by atoms with Crippen molar-refractivity contribution in [2.75, 3.05) is 15.9 Å². The van der Waals surface area contributed by atoms with Crippen LogP contribution >= 0.6 is 11.3 Å². The summed E-state index contributed by atoms with van der Waals surface area (Å²) in [4.78, 5) is 24.9. The topological polar surface area (TPSA) is 88.5 Å². The number of sulfonamides is 1. The molecule has 0 saturated heterocycles. The number of rotatable bonds is 6. The van der Waals surface area contributed by atoms with Gasteiger partial charge in [-0.3, -0.25) is 18.5 Å². The van der Waals surface area contributed by atoms with Crippen molar-refractivity contribution in [3.8, 4) is 0 Å². The summed E-state index contributed by atoms with van der Waals surface area (Å²) < 4.78 is 28.5. The van der Waals surface area contributed by atoms with Crippen LogP contribution in [0.1, 0.15) is 25.0 Å². The minimum Gasteiger partial charge on any atom is -0.324 e. The normalized spacial score (nSPS) is 12.7. The summed E-state index contributed by atoms with van der Waals surface area (Å²) in [5.41, 5.74) is 3.74. The molecule has 1 atom stereocenters. The number of hydrogen-bond donors (Lipinski definition) is 1. The second-order valence-corrected chi connectivity index (χ2v) is 10.1. The number of benzene rings is 2. The van der Waals surface area contributed by atoms with E-state index in [4.69, 9.17) is 0 Å². The van der Waals surface area contributed by atoms with Crippen LogP contribution in [0.15, 0.2) is 41.2 Å². The molecule has 0 aliphatic heterocycles. The van der Waals surface area contributed by atoms with Crippen molar-refractivity contribution in [2.24, 2.45) is 0 Å². The maximum atomic E-state index is 12.9. The lowest BCUT2D eigenvalue weighted by atomic mass is 10.1. The number of carbonyl (C=O) groups excluding carboxylic acids is 1. The number of anilines is 2. The van der Waals surface area contributed by atoms with E-state index in [1.165, 1.54) is 0 Å². The lowest BCUT2D eigenvalue weighted by Gasteiger charge is -2.28. The van der Waals surface area contributed by atoms with Crippen molar-refractivity contribution in [2.45, 2.75) is 40.3 Å². The van der Waals surface area contributed by atoms with E-state index in [1.807, 2.05) is 26.8 Å². The summed E-state index contributed by atoms with van der Waals surface area (Å²) in [5.74, 6) is -0.458. The van der Waals surface area contributed by atoms with Gasteiger partial charge in [-0.25, -0.2) is 8.42 Å². The Balaban J connectivity index is 1.91. The average Bonchev–Trinajstić information content (AvgIpc) is 2.97. The first-order valence-corrected chi connectivity index (χ1v) is 12.2. The first-order valence-electron chi connectivity index (χ1n) is 9.54. The number of nitrogens with zero attached hydrogens (tertiary/aromatic N) is 2. The number of nitrogens with one attached hydrogen (secondary N) is 1. The lowest BCUT2D eigenvalue weighted by Crippen LogP contribution is -2.45. The Kier molecular flexibility index (Phi) is 6.05. The fraction of sp³-hybridized carbons (Fsp3) is 0.333. The molecule has 7 nitrogen and oxygen atoms in total. The Hall–Kier alpha value is -2.65. The van der Waals surface area contributed by atoms with Crippen LogP contribution in [0.2, 0.25) is 0 Å². The van der Waals surface area contributed by atoms with Gasteiger partial charge in [0, 0.05) is 12.2 Å². The highest BCUT2D eigenvalue weighted by molar-refractivity contribution is 7.92. The molecule has 0 bridgehead atoms. The van der Waals surface area contributed by atoms with Crippen molar-refractivity contribution in [3.63, 3.8) is 0 Å². The number of carbonyl (C=O) groups is 1. The van der Waals surface area contributed by atoms with Gasteiger partial charge in [-0.2, -0.15) is 0 Å². The number of thiazole rings is 1. The highest BCUT2D eigenvalue weighted by atomic mass is 32.2. The summed E-state index contributed by atoms with van der Waals surface area (Å²) in [6.45, 7) is 7.86. The Labute approximate surface area is 180 Å². The molecule has 30 heavy (non-hydrogen) atoms. The fourth-order valence-electron chi connectivity index (χ4n) is 3.36. The Morgan fingerprint density at radius 1 is 1.17 bits per heavy atom. The third-order valence-electron chi connectivity index (χ3n) is 5.09. The van der Waals surface area contributed by atoms with Gasteiger partial charge in [0.15, 0.2) is 0 Å². The smallest absolute Gasteiger partial charge is 0.308 e. The van der Waals surface area contributed by atoms with E-state index in [0.717, 1.165) is 43.2 Å². The molecule has 1 N–H and O–H groups in total. The van der Waals surface area contributed by atoms with Crippen molar-refractivity contribution in [1.29, 1.82) is 0 Å². The molecular weight excluding hydrogens is 422 g/mol. The Bertz CT molecular complexity index is 1280. The second-order valence-electron chi connectivity index (χ2n) is 7.29. The highest BCUT2D eigenvalue weighted by Crippen LogP contribution is 2.25. The average molecular weight is 448 g/mol. The van der Waals surface area contributed by atoms with Crippen LogP contribution in [-0.2, 0) is 21.4 Å². The summed E-state index contributed by atoms with van der Waals surface area (Å²) in [6.07, 6.45) is 1.09. The summed E-state index contributed by atoms with van der Waals surface area (Å²) in [5, 5.41) is 2.78. The number of aromatic nitrogens is 1. The van der Waals surface area contributed by atoms with Crippen LogP contribution in [0.5, 0.6) is 0 Å². The molecule has 0 aliphatic carbocycles. The van der Waals surface area contributed by atoms with E-state index in [-0.39, 0.29) is 4.87 Å². The molecule has 1 heterocycles. The minimum absolute atomic E-state index is 0.0534. The second kappa shape index (κ2) is 8.23. The largest absolute Gasteiger partial charge is 0.324 e. The fourth-order valence-corrected chi connectivity index (χ4v) is 5.52. The van der Waals surface area contributed by atoms with Gasteiger partial charge in [0.25, 0.3) is 0 Å². The van der Waals surface area contributed by atoms with Gasteiger partial charge in [-0.1, -0.05) is 17.4 Å². The first kappa shape index (κ1) is 22.0. The van der Waals surface area contributed by atoms with Gasteiger partial charge in [-0.15, -0.1) is 0 Å². The molecule has 1 aromatic heterocycles. The molecular formula is C21H25N3O4S2. The van der Waals surface area contributed by atoms with Gasteiger partial charge >= 0.3 is 4.87 Å². The van der Waals surface area contributed by atoms with E-state index in [2.05, 4.69) is 5.32 Å². The lowest BCUT2D eigenvalue weighted by molar-refractivity contribution is -0.116. The van der Waals surface area contributed by atoms with Gasteiger partial charge in [0.1, 0.15) is 6.04 Å². The van der Waals surface area contributed by atoms with Crippen LogP contribution in [0, 0.1) is 13.8 Å². The Morgan fingerprint density at radius 2 is 1.87 bits per heavy atom. The van der Waals surface area contributed by atoms with E-state index < -0.39 is 22.0 Å². The molecule has 160 valence electrons. The predicted octanol–water partition coefficient (Wildman–Crippen LogP) is 3.49. The van der Waals surface area contributed by atoms with Crippen molar-refractivity contribution >= 4 is 48.9 Å². The summed E-state index contributed by atoms with van der Waals surface area (Å²) in [6, 6.07) is 9.57. The van der Waals surface area contributed by atoms with Crippen molar-refractivity contribution in [3.05, 3.63) is 57.2 Å². The molecule has 3 rings (SSSR count). The van der Waals surface area contributed by atoms with Crippen LogP contribution in [0.3, 0.4) is 0 Å². The highest BCUT2D eigenvalue weighted by Gasteiger charge is 2.29. The number of aryl methyl sites for hydroxylation is 3. The number of amides is 1. The van der Waals surface area contributed by atoms with E-state index >= 15 is 0 Å². The minimum atomic E-state index is -3.69. The zero-order valence-corrected chi connectivity index (χ0v) is 19.2. The number of fused-ring (bicyclic) bond motifs is 1. The molecule has 2 aromatic carbocycles. The Morgan fingerprint density at radius 3 is 2.47 bits per heavy atom. The molecule has 0 fully saturated rings. The monoisotopic (exact) mass is 447 g/mol. The zero-order chi connectivity index (χ0) is 22.2. The predicted molar refractivity (Wildman–Crippen MR) is 123 cm³/mol. The van der Waals surface area contributed by atoms with E-state index in [0.29, 0.717) is 17.9 Å². The molecule has 1 amide bonds. The molecule has 0 saturated carbocycles. The molecule has 9 heteroatoms. The quantitative estimate of drug-likeness (QED) is 0.626. The number of hydrogen-bond acceptors (Lipinski definition) is 5. The standard InChI is InChI=1S/C21H25N3O4S2/c1-6-23-18-10-8-16(12-19(18)29-21(23)26)22-20(25)15(4)24(30(5,27)28)17-9-7-13(2)14(3)11-17/h7-12,15H,6H2,1-5H3,(H,22,25)/t15-/m1/s1. The van der Waals surface area contributed by atoms with Crippen LogP contribution in [0.25, 0.3) is 10.2 Å². The van der Waals surface area contributed by atoms with E-state index in [9.17, 15) is 18.0 Å². The first-order chi connectivity index (χ1) is 14.0. The molecule has 0 radical (unpaired) electrons.